The molecule has 0 heterocycles. The van der Waals surface area contributed by atoms with Crippen molar-refractivity contribution in [3.05, 3.63) is 27.7 Å². The highest BCUT2D eigenvalue weighted by Gasteiger charge is 2.50. The van der Waals surface area contributed by atoms with Gasteiger partial charge in [-0.1, -0.05) is 15.9 Å². The van der Waals surface area contributed by atoms with Crippen LogP contribution in [0.3, 0.4) is 0 Å². The quantitative estimate of drug-likeness (QED) is 0.909. The Hall–Kier alpha value is -0.750. The molecule has 0 spiro atoms. The van der Waals surface area contributed by atoms with Crippen molar-refractivity contribution in [1.29, 1.82) is 0 Å². The van der Waals surface area contributed by atoms with E-state index in [0.717, 1.165) is 30.5 Å². The van der Waals surface area contributed by atoms with Crippen molar-refractivity contribution in [3.63, 3.8) is 0 Å². The lowest BCUT2D eigenvalue weighted by Gasteiger charge is -2.25. The maximum atomic E-state index is 12.8. The minimum absolute atomic E-state index is 0.130. The van der Waals surface area contributed by atoms with Crippen molar-refractivity contribution in [3.8, 4) is 5.75 Å². The van der Waals surface area contributed by atoms with Crippen LogP contribution < -0.4 is 10.5 Å². The first-order chi connectivity index (χ1) is 8.72. The first kappa shape index (κ1) is 14.7. The zero-order chi connectivity index (χ0) is 14.4. The second-order valence-electron chi connectivity index (χ2n) is 4.98. The van der Waals surface area contributed by atoms with Crippen LogP contribution in [0, 0.1) is 0 Å². The summed E-state index contributed by atoms with van der Waals surface area (Å²) in [6.07, 6.45) is -2.66. The van der Waals surface area contributed by atoms with E-state index in [1.165, 1.54) is 7.11 Å². The van der Waals surface area contributed by atoms with E-state index in [-0.39, 0.29) is 17.2 Å². The van der Waals surface area contributed by atoms with E-state index in [1.807, 2.05) is 6.92 Å². The molecular formula is C13H15BrF3NO. The van der Waals surface area contributed by atoms with Crippen LogP contribution in [0.2, 0.25) is 0 Å². The predicted molar refractivity (Wildman–Crippen MR) is 70.3 cm³/mol. The van der Waals surface area contributed by atoms with Crippen molar-refractivity contribution in [1.82, 2.24) is 0 Å². The summed E-state index contributed by atoms with van der Waals surface area (Å²) in [4.78, 5) is 0. The van der Waals surface area contributed by atoms with E-state index in [0.29, 0.717) is 4.47 Å². The monoisotopic (exact) mass is 337 g/mol. The summed E-state index contributed by atoms with van der Waals surface area (Å²) in [7, 11) is 1.38. The molecule has 1 fully saturated rings. The molecule has 2 N–H and O–H groups in total. The molecule has 2 nitrogen and oxygen atoms in total. The van der Waals surface area contributed by atoms with Gasteiger partial charge in [-0.25, -0.2) is 0 Å². The van der Waals surface area contributed by atoms with Crippen LogP contribution in [0.15, 0.2) is 16.6 Å². The van der Waals surface area contributed by atoms with E-state index in [4.69, 9.17) is 10.5 Å². The van der Waals surface area contributed by atoms with Crippen LogP contribution in [0.4, 0.5) is 13.2 Å². The largest absolute Gasteiger partial charge is 0.496 e. The van der Waals surface area contributed by atoms with Gasteiger partial charge in [0.15, 0.2) is 0 Å². The molecule has 1 atom stereocenters. The Morgan fingerprint density at radius 1 is 1.37 bits per heavy atom. The van der Waals surface area contributed by atoms with Gasteiger partial charge < -0.3 is 10.5 Å². The van der Waals surface area contributed by atoms with Gasteiger partial charge >= 0.3 is 6.18 Å². The molecule has 0 amide bonds. The van der Waals surface area contributed by atoms with Crippen LogP contribution in [-0.4, -0.2) is 13.2 Å². The Bertz CT molecular complexity index is 495. The Morgan fingerprint density at radius 2 is 1.95 bits per heavy atom. The summed E-state index contributed by atoms with van der Waals surface area (Å²) in [5, 5.41) is 0. The first-order valence-corrected chi connectivity index (χ1v) is 6.72. The third-order valence-electron chi connectivity index (χ3n) is 3.76. The molecule has 106 valence electrons. The van der Waals surface area contributed by atoms with E-state index < -0.39 is 11.7 Å². The summed E-state index contributed by atoms with van der Waals surface area (Å²) in [6, 6.07) is 2.01. The summed E-state index contributed by atoms with van der Waals surface area (Å²) in [6.45, 7) is 1.87. The van der Waals surface area contributed by atoms with Crippen molar-refractivity contribution in [2.75, 3.05) is 7.11 Å². The fourth-order valence-corrected chi connectivity index (χ4v) is 3.29. The topological polar surface area (TPSA) is 35.2 Å². The second-order valence-corrected chi connectivity index (χ2v) is 5.83. The van der Waals surface area contributed by atoms with Crippen LogP contribution in [-0.2, 0) is 11.6 Å². The van der Waals surface area contributed by atoms with Crippen molar-refractivity contribution in [2.24, 2.45) is 5.73 Å². The highest BCUT2D eigenvalue weighted by Crippen LogP contribution is 2.56. The summed E-state index contributed by atoms with van der Waals surface area (Å²) in [5.74, 6) is 0.247. The molecule has 0 aromatic heterocycles. The van der Waals surface area contributed by atoms with Crippen molar-refractivity contribution in [2.45, 2.75) is 37.4 Å². The van der Waals surface area contributed by atoms with Crippen molar-refractivity contribution < 1.29 is 17.9 Å². The van der Waals surface area contributed by atoms with Gasteiger partial charge in [-0.2, -0.15) is 13.2 Å². The van der Waals surface area contributed by atoms with Gasteiger partial charge in [0.1, 0.15) is 5.75 Å². The fourth-order valence-electron chi connectivity index (χ4n) is 2.46. The lowest BCUT2D eigenvalue weighted by Crippen LogP contribution is -2.32. The molecule has 19 heavy (non-hydrogen) atoms. The molecule has 1 aromatic carbocycles. The summed E-state index contributed by atoms with van der Waals surface area (Å²) < 4.78 is 43.9. The maximum absolute atomic E-state index is 12.8. The minimum Gasteiger partial charge on any atom is -0.496 e. The van der Waals surface area contributed by atoms with E-state index in [1.54, 1.807) is 0 Å². The third kappa shape index (κ3) is 2.48. The Morgan fingerprint density at radius 3 is 2.32 bits per heavy atom. The Balaban J connectivity index is 2.58. The zero-order valence-corrected chi connectivity index (χ0v) is 12.2. The molecule has 0 saturated heterocycles. The van der Waals surface area contributed by atoms with Gasteiger partial charge in [0.05, 0.1) is 12.7 Å². The summed E-state index contributed by atoms with van der Waals surface area (Å²) in [5.41, 5.74) is 5.74. The molecule has 1 aliphatic carbocycles. The van der Waals surface area contributed by atoms with Gasteiger partial charge in [-0.05, 0) is 31.9 Å². The van der Waals surface area contributed by atoms with E-state index in [2.05, 4.69) is 15.9 Å². The number of halogens is 4. The number of benzene rings is 1. The number of hydrogen-bond donors (Lipinski definition) is 1. The minimum atomic E-state index is -4.39. The maximum Gasteiger partial charge on any atom is 0.416 e. The fraction of sp³-hybridized carbons (Fsp3) is 0.538. The Kier molecular flexibility index (Phi) is 3.60. The predicted octanol–water partition coefficient (Wildman–Crippen LogP) is 3.86. The SMILES string of the molecule is COc1cc(C(F)(F)F)cc(Br)c1C1(C(C)N)CC1. The standard InChI is InChI=1S/C13H15BrF3NO/c1-7(18)12(3-4-12)11-9(14)5-8(13(15,16)17)6-10(11)19-2/h5-7H,3-4,18H2,1-2H3. The molecule has 1 aliphatic rings. The normalized spacial score (nSPS) is 19.1. The van der Waals surface area contributed by atoms with Crippen LogP contribution in [0.5, 0.6) is 5.75 Å². The molecule has 6 heteroatoms. The third-order valence-corrected chi connectivity index (χ3v) is 4.38. The number of nitrogens with two attached hydrogens (primary N) is 1. The zero-order valence-electron chi connectivity index (χ0n) is 10.6. The first-order valence-electron chi connectivity index (χ1n) is 5.93. The van der Waals surface area contributed by atoms with Crippen LogP contribution in [0.25, 0.3) is 0 Å². The van der Waals surface area contributed by atoms with Gasteiger partial charge in [-0.15, -0.1) is 0 Å². The molecule has 1 saturated carbocycles. The molecule has 1 unspecified atom stereocenters. The van der Waals surface area contributed by atoms with Crippen LogP contribution in [0.1, 0.15) is 30.9 Å². The molecule has 0 radical (unpaired) electrons. The lowest BCUT2D eigenvalue weighted by atomic mass is 9.88. The lowest BCUT2D eigenvalue weighted by molar-refractivity contribution is -0.137. The van der Waals surface area contributed by atoms with Gasteiger partial charge in [0.25, 0.3) is 0 Å². The summed E-state index contributed by atoms with van der Waals surface area (Å²) >= 11 is 3.24. The van der Waals surface area contributed by atoms with E-state index >= 15 is 0 Å². The molecule has 0 bridgehead atoms. The van der Waals surface area contributed by atoms with E-state index in [9.17, 15) is 13.2 Å². The van der Waals surface area contributed by atoms with Gasteiger partial charge in [0.2, 0.25) is 0 Å². The van der Waals surface area contributed by atoms with Gasteiger partial charge in [-0.3, -0.25) is 0 Å². The second kappa shape index (κ2) is 4.66. The average molecular weight is 338 g/mol. The highest BCUT2D eigenvalue weighted by molar-refractivity contribution is 9.10. The molecular weight excluding hydrogens is 323 g/mol. The number of methoxy groups -OCH3 is 1. The van der Waals surface area contributed by atoms with Crippen LogP contribution >= 0.6 is 15.9 Å². The molecule has 2 rings (SSSR count). The Labute approximate surface area is 118 Å². The molecule has 1 aromatic rings. The number of rotatable bonds is 3. The van der Waals surface area contributed by atoms with Crippen molar-refractivity contribution >= 4 is 15.9 Å². The number of hydrogen-bond acceptors (Lipinski definition) is 2. The highest BCUT2D eigenvalue weighted by atomic mass is 79.9. The average Bonchev–Trinajstić information content (AvgIpc) is 3.07. The van der Waals surface area contributed by atoms with Gasteiger partial charge in [0, 0.05) is 21.5 Å². The molecule has 0 aliphatic heterocycles. The number of alkyl halides is 3. The smallest absolute Gasteiger partial charge is 0.416 e. The number of ether oxygens (including phenoxy) is 1.